The van der Waals surface area contributed by atoms with Crippen molar-refractivity contribution in [1.82, 2.24) is 4.90 Å². The van der Waals surface area contributed by atoms with Gasteiger partial charge >= 0.3 is 6.09 Å². The lowest BCUT2D eigenvalue weighted by atomic mass is 10.1. The molecule has 18 heavy (non-hydrogen) atoms. The Morgan fingerprint density at radius 2 is 2.11 bits per heavy atom. The minimum Gasteiger partial charge on any atom is -0.444 e. The van der Waals surface area contributed by atoms with Gasteiger partial charge in [-0.25, -0.2) is 4.79 Å². The standard InChI is InChI=1S/C13H25NO4/c1-9(8-15)10-7-14(13(5,6)17-10)11(16)18-12(2,3)4/h9-10,15H,7-8H2,1-6H3/t9-,10+/m1/s1. The van der Waals surface area contributed by atoms with E-state index in [4.69, 9.17) is 14.6 Å². The van der Waals surface area contributed by atoms with Crippen LogP contribution in [0.2, 0.25) is 0 Å². The first-order valence-corrected chi connectivity index (χ1v) is 6.36. The number of aliphatic hydroxyl groups excluding tert-OH is 1. The van der Waals surface area contributed by atoms with Crippen LogP contribution in [-0.2, 0) is 9.47 Å². The van der Waals surface area contributed by atoms with Crippen molar-refractivity contribution < 1.29 is 19.4 Å². The number of rotatable bonds is 2. The second kappa shape index (κ2) is 5.05. The molecule has 1 N–H and O–H groups in total. The Bertz CT molecular complexity index is 309. The predicted molar refractivity (Wildman–Crippen MR) is 68.1 cm³/mol. The topological polar surface area (TPSA) is 59.0 Å². The van der Waals surface area contributed by atoms with Crippen molar-refractivity contribution in [3.05, 3.63) is 0 Å². The van der Waals surface area contributed by atoms with E-state index in [0.717, 1.165) is 0 Å². The maximum absolute atomic E-state index is 12.1. The fourth-order valence-electron chi connectivity index (χ4n) is 1.90. The SMILES string of the molecule is C[C@H](CO)[C@@H]1CN(C(=O)OC(C)(C)C)C(C)(C)O1. The van der Waals surface area contributed by atoms with Crippen molar-refractivity contribution in [3.8, 4) is 0 Å². The summed E-state index contributed by atoms with van der Waals surface area (Å²) in [7, 11) is 0. The van der Waals surface area contributed by atoms with Gasteiger partial charge in [-0.3, -0.25) is 4.90 Å². The molecule has 0 bridgehead atoms. The Balaban J connectivity index is 2.74. The number of carbonyl (C=O) groups is 1. The van der Waals surface area contributed by atoms with Gasteiger partial charge in [0.05, 0.1) is 12.6 Å². The molecule has 0 aromatic heterocycles. The van der Waals surface area contributed by atoms with Crippen LogP contribution in [0.5, 0.6) is 0 Å². The van der Waals surface area contributed by atoms with Crippen LogP contribution in [0.15, 0.2) is 0 Å². The van der Waals surface area contributed by atoms with Gasteiger partial charge in [-0.05, 0) is 34.6 Å². The molecule has 1 rings (SSSR count). The molecule has 106 valence electrons. The van der Waals surface area contributed by atoms with Gasteiger partial charge in [0.15, 0.2) is 0 Å². The third-order valence-electron chi connectivity index (χ3n) is 2.99. The van der Waals surface area contributed by atoms with Crippen molar-refractivity contribution in [2.24, 2.45) is 5.92 Å². The summed E-state index contributed by atoms with van der Waals surface area (Å²) in [6.07, 6.45) is -0.530. The third-order valence-corrected chi connectivity index (χ3v) is 2.99. The second-order valence-electron chi connectivity index (χ2n) is 6.35. The molecule has 0 aromatic rings. The number of aliphatic hydroxyl groups is 1. The Labute approximate surface area is 109 Å². The van der Waals surface area contributed by atoms with E-state index in [1.54, 1.807) is 4.90 Å². The van der Waals surface area contributed by atoms with Crippen LogP contribution in [-0.4, -0.2) is 46.7 Å². The summed E-state index contributed by atoms with van der Waals surface area (Å²) < 4.78 is 11.2. The Morgan fingerprint density at radius 3 is 2.56 bits per heavy atom. The Morgan fingerprint density at radius 1 is 1.56 bits per heavy atom. The van der Waals surface area contributed by atoms with Crippen LogP contribution < -0.4 is 0 Å². The summed E-state index contributed by atoms with van der Waals surface area (Å²) in [4.78, 5) is 13.7. The van der Waals surface area contributed by atoms with Gasteiger partial charge in [0, 0.05) is 12.5 Å². The number of ether oxygens (including phenoxy) is 2. The summed E-state index contributed by atoms with van der Waals surface area (Å²) in [6, 6.07) is 0. The molecule has 0 radical (unpaired) electrons. The molecular formula is C13H25NO4. The molecule has 0 unspecified atom stereocenters. The highest BCUT2D eigenvalue weighted by molar-refractivity contribution is 5.69. The van der Waals surface area contributed by atoms with Gasteiger partial charge in [0.2, 0.25) is 0 Å². The minimum absolute atomic E-state index is 0.00304. The fraction of sp³-hybridized carbons (Fsp3) is 0.923. The van der Waals surface area contributed by atoms with Crippen LogP contribution in [0.4, 0.5) is 4.79 Å². The van der Waals surface area contributed by atoms with Crippen LogP contribution in [0.25, 0.3) is 0 Å². The molecular weight excluding hydrogens is 234 g/mol. The summed E-state index contributed by atoms with van der Waals surface area (Å²) in [5.41, 5.74) is -1.22. The fourth-order valence-corrected chi connectivity index (χ4v) is 1.90. The summed E-state index contributed by atoms with van der Waals surface area (Å²) >= 11 is 0. The smallest absolute Gasteiger partial charge is 0.412 e. The lowest BCUT2D eigenvalue weighted by Gasteiger charge is -2.31. The van der Waals surface area contributed by atoms with Crippen molar-refractivity contribution in [2.45, 2.75) is 59.0 Å². The molecule has 1 fully saturated rings. The van der Waals surface area contributed by atoms with E-state index in [2.05, 4.69) is 0 Å². The quantitative estimate of drug-likeness (QED) is 0.824. The van der Waals surface area contributed by atoms with Crippen LogP contribution >= 0.6 is 0 Å². The molecule has 1 aliphatic heterocycles. The van der Waals surface area contributed by atoms with E-state index < -0.39 is 11.3 Å². The maximum Gasteiger partial charge on any atom is 0.412 e. The highest BCUT2D eigenvalue weighted by Crippen LogP contribution is 2.31. The second-order valence-corrected chi connectivity index (χ2v) is 6.35. The van der Waals surface area contributed by atoms with Crippen molar-refractivity contribution >= 4 is 6.09 Å². The summed E-state index contributed by atoms with van der Waals surface area (Å²) in [5, 5.41) is 9.16. The number of hydrogen-bond donors (Lipinski definition) is 1. The van der Waals surface area contributed by atoms with E-state index in [0.29, 0.717) is 6.54 Å². The molecule has 5 heteroatoms. The summed E-state index contributed by atoms with van der Waals surface area (Å²) in [5.74, 6) is -0.00304. The van der Waals surface area contributed by atoms with Gasteiger partial charge in [0.1, 0.15) is 11.3 Å². The highest BCUT2D eigenvalue weighted by Gasteiger charge is 2.45. The maximum atomic E-state index is 12.1. The first-order valence-electron chi connectivity index (χ1n) is 6.36. The number of carbonyl (C=O) groups excluding carboxylic acids is 1. The zero-order valence-corrected chi connectivity index (χ0v) is 12.2. The van der Waals surface area contributed by atoms with Gasteiger partial charge < -0.3 is 14.6 Å². The highest BCUT2D eigenvalue weighted by atomic mass is 16.6. The molecule has 1 heterocycles. The Hall–Kier alpha value is -0.810. The normalized spacial score (nSPS) is 25.1. The van der Waals surface area contributed by atoms with Gasteiger partial charge in [-0.15, -0.1) is 0 Å². The molecule has 5 nitrogen and oxygen atoms in total. The molecule has 1 aliphatic rings. The lowest BCUT2D eigenvalue weighted by molar-refractivity contribution is -0.0910. The molecule has 1 amide bonds. The molecule has 1 saturated heterocycles. The van der Waals surface area contributed by atoms with E-state index in [-0.39, 0.29) is 24.7 Å². The van der Waals surface area contributed by atoms with E-state index in [1.165, 1.54) is 0 Å². The van der Waals surface area contributed by atoms with Crippen LogP contribution in [0.1, 0.15) is 41.5 Å². The van der Waals surface area contributed by atoms with Crippen LogP contribution in [0, 0.1) is 5.92 Å². The van der Waals surface area contributed by atoms with Crippen molar-refractivity contribution in [2.75, 3.05) is 13.2 Å². The van der Waals surface area contributed by atoms with Crippen LogP contribution in [0.3, 0.4) is 0 Å². The van der Waals surface area contributed by atoms with Gasteiger partial charge in [0.25, 0.3) is 0 Å². The van der Waals surface area contributed by atoms with E-state index in [1.807, 2.05) is 41.5 Å². The zero-order valence-electron chi connectivity index (χ0n) is 12.2. The number of nitrogens with zero attached hydrogens (tertiary/aromatic N) is 1. The largest absolute Gasteiger partial charge is 0.444 e. The third kappa shape index (κ3) is 3.59. The van der Waals surface area contributed by atoms with E-state index >= 15 is 0 Å². The average molecular weight is 259 g/mol. The lowest BCUT2D eigenvalue weighted by Crippen LogP contribution is -2.46. The van der Waals surface area contributed by atoms with Crippen molar-refractivity contribution in [3.63, 3.8) is 0 Å². The van der Waals surface area contributed by atoms with E-state index in [9.17, 15) is 4.79 Å². The Kier molecular flexibility index (Phi) is 4.28. The van der Waals surface area contributed by atoms with Gasteiger partial charge in [-0.2, -0.15) is 0 Å². The first-order chi connectivity index (χ1) is 8.07. The molecule has 0 aliphatic carbocycles. The molecule has 0 saturated carbocycles. The molecule has 2 atom stereocenters. The molecule has 0 spiro atoms. The summed E-state index contributed by atoms with van der Waals surface area (Å²) in [6.45, 7) is 11.6. The number of hydrogen-bond acceptors (Lipinski definition) is 4. The predicted octanol–water partition coefficient (Wildman–Crippen LogP) is 1.99. The minimum atomic E-state index is -0.698. The monoisotopic (exact) mass is 259 g/mol. The number of amides is 1. The first kappa shape index (κ1) is 15.2. The van der Waals surface area contributed by atoms with Crippen molar-refractivity contribution in [1.29, 1.82) is 0 Å². The zero-order chi connectivity index (χ0) is 14.1. The molecule has 0 aromatic carbocycles. The van der Waals surface area contributed by atoms with Gasteiger partial charge in [-0.1, -0.05) is 6.92 Å². The average Bonchev–Trinajstić information content (AvgIpc) is 2.50.